The number of carbonyl (C=O) groups excluding carboxylic acids is 5. The molecule has 12 nitrogen and oxygen atoms in total. The van der Waals surface area contributed by atoms with Crippen LogP contribution in [0.5, 0.6) is 5.75 Å². The Kier molecular flexibility index (Phi) is 15.8. The Hall–Kier alpha value is -5.66. The van der Waals surface area contributed by atoms with Crippen molar-refractivity contribution in [3.05, 3.63) is 114 Å². The molecule has 5 atom stereocenters. The molecule has 0 aliphatic rings. The van der Waals surface area contributed by atoms with Gasteiger partial charge in [0, 0.05) is 26.4 Å². The highest BCUT2D eigenvalue weighted by atomic mass is 19.1. The molecule has 291 valence electrons. The molecule has 7 N–H and O–H groups in total. The Morgan fingerprint density at radius 2 is 1.51 bits per heavy atom. The van der Waals surface area contributed by atoms with E-state index in [0.717, 1.165) is 21.9 Å². The van der Waals surface area contributed by atoms with Crippen LogP contribution in [0.3, 0.4) is 0 Å². The van der Waals surface area contributed by atoms with Crippen molar-refractivity contribution in [3.63, 3.8) is 0 Å². The summed E-state index contributed by atoms with van der Waals surface area (Å²) in [6.45, 7) is 1.55. The summed E-state index contributed by atoms with van der Waals surface area (Å²) >= 11 is 0. The summed E-state index contributed by atoms with van der Waals surface area (Å²) in [6, 6.07) is 21.3. The average molecular weight is 755 g/mol. The van der Waals surface area contributed by atoms with Gasteiger partial charge in [-0.3, -0.25) is 24.0 Å². The molecule has 0 aromatic heterocycles. The molecular formula is C42H49FN5O7. The Morgan fingerprint density at radius 1 is 0.836 bits per heavy atom. The number of aliphatic hydroxyl groups excluding tert-OH is 1. The van der Waals surface area contributed by atoms with Gasteiger partial charge in [-0.25, -0.2) is 4.39 Å². The quantitative estimate of drug-likeness (QED) is 0.0743. The van der Waals surface area contributed by atoms with Crippen LogP contribution in [0.25, 0.3) is 10.8 Å². The predicted molar refractivity (Wildman–Crippen MR) is 207 cm³/mol. The topological polar surface area (TPSA) is 191 Å². The minimum Gasteiger partial charge on any atom is -0.508 e. The van der Waals surface area contributed by atoms with Gasteiger partial charge in [-0.05, 0) is 90.8 Å². The minimum atomic E-state index is -1.25. The Bertz CT molecular complexity index is 1900. The number of likely N-dealkylation sites (N-methyl/N-ethyl adjacent to an activating group) is 1. The van der Waals surface area contributed by atoms with E-state index in [9.17, 15) is 38.6 Å². The zero-order chi connectivity index (χ0) is 39.9. The maximum atomic E-state index is 13.6. The van der Waals surface area contributed by atoms with Crippen LogP contribution < -0.4 is 21.7 Å². The van der Waals surface area contributed by atoms with E-state index in [0.29, 0.717) is 24.8 Å². The summed E-state index contributed by atoms with van der Waals surface area (Å²) in [4.78, 5) is 65.9. The van der Waals surface area contributed by atoms with Crippen molar-refractivity contribution in [1.29, 1.82) is 0 Å². The molecule has 0 saturated heterocycles. The molecule has 0 heterocycles. The van der Waals surface area contributed by atoms with Gasteiger partial charge in [0.2, 0.25) is 29.9 Å². The summed E-state index contributed by atoms with van der Waals surface area (Å²) in [7, 11) is 1.50. The van der Waals surface area contributed by atoms with Gasteiger partial charge in [-0.1, -0.05) is 66.7 Å². The van der Waals surface area contributed by atoms with Crippen LogP contribution in [-0.4, -0.2) is 88.9 Å². The first-order valence-electron chi connectivity index (χ1n) is 18.3. The van der Waals surface area contributed by atoms with E-state index in [-0.39, 0.29) is 49.7 Å². The average Bonchev–Trinajstić information content (AvgIpc) is 3.18. The third-order valence-corrected chi connectivity index (χ3v) is 9.47. The van der Waals surface area contributed by atoms with E-state index in [1.165, 1.54) is 43.1 Å². The number of nitrogens with one attached hydrogen (secondary N) is 3. The SMILES string of the molecule is C[C@@H](O)[C@H](NC(=O)[C@@H](N)Cc1cccc2ccccc12)C(=O)NCCCC[C@H]([C]=O)NC(=O)[C@H](Cc1ccc(O)cc1)N(C)C(=O)CCc1ccc(F)cc1. The summed E-state index contributed by atoms with van der Waals surface area (Å²) in [5, 5.41) is 29.9. The molecular weight excluding hydrogens is 705 g/mol. The molecule has 1 radical (unpaired) electrons. The Morgan fingerprint density at radius 3 is 2.20 bits per heavy atom. The van der Waals surface area contributed by atoms with Gasteiger partial charge in [-0.2, -0.15) is 0 Å². The maximum absolute atomic E-state index is 13.6. The zero-order valence-electron chi connectivity index (χ0n) is 31.0. The second-order valence-electron chi connectivity index (χ2n) is 13.7. The van der Waals surface area contributed by atoms with E-state index < -0.39 is 48.0 Å². The molecule has 0 unspecified atom stereocenters. The number of benzene rings is 4. The van der Waals surface area contributed by atoms with Crippen LogP contribution in [0, 0.1) is 5.82 Å². The number of phenolic OH excluding ortho intramolecular Hbond substituents is 1. The number of rotatable bonds is 20. The standard InChI is InChI=1S/C42H49FN5O7/c1-27(50)39(47-40(53)36(44)25-31-10-7-9-30-8-3-4-12-35(30)31)42(55)45-23-6-5-11-33(26-49)46-41(54)37(24-29-15-20-34(51)21-16-29)48(2)38(52)22-17-28-13-18-32(43)19-14-28/h3-4,7-10,12-16,18-21,27,33,36-37,39,50-51H,5-6,11,17,22-25,44H2,1-2H3,(H,45,55)(H,46,54)(H,47,53)/t27-,33-,36+,37+,39+/m1/s1. The number of hydrogen-bond donors (Lipinski definition) is 6. The van der Waals surface area contributed by atoms with E-state index in [1.807, 2.05) is 48.8 Å². The van der Waals surface area contributed by atoms with Crippen LogP contribution in [-0.2, 0) is 43.2 Å². The lowest BCUT2D eigenvalue weighted by Gasteiger charge is -2.28. The van der Waals surface area contributed by atoms with Gasteiger partial charge >= 0.3 is 0 Å². The number of unbranched alkanes of at least 4 members (excludes halogenated alkanes) is 1. The number of halogens is 1. The number of fused-ring (bicyclic) bond motifs is 1. The van der Waals surface area contributed by atoms with E-state index in [1.54, 1.807) is 24.3 Å². The highest BCUT2D eigenvalue weighted by molar-refractivity contribution is 5.92. The van der Waals surface area contributed by atoms with E-state index >= 15 is 0 Å². The van der Waals surface area contributed by atoms with Crippen LogP contribution in [0.1, 0.15) is 49.3 Å². The third-order valence-electron chi connectivity index (χ3n) is 9.47. The fourth-order valence-electron chi connectivity index (χ4n) is 6.20. The largest absolute Gasteiger partial charge is 0.508 e. The third kappa shape index (κ3) is 12.7. The molecule has 0 bridgehead atoms. The monoisotopic (exact) mass is 754 g/mol. The Labute approximate surface area is 320 Å². The normalized spacial score (nSPS) is 13.8. The first-order chi connectivity index (χ1) is 26.4. The number of aliphatic hydroxyl groups is 1. The van der Waals surface area contributed by atoms with Crippen molar-refractivity contribution < 1.29 is 38.6 Å². The van der Waals surface area contributed by atoms with Gasteiger partial charge in [-0.15, -0.1) is 0 Å². The first kappa shape index (κ1) is 42.1. The molecule has 4 rings (SSSR count). The lowest BCUT2D eigenvalue weighted by Crippen LogP contribution is -2.56. The lowest BCUT2D eigenvalue weighted by atomic mass is 9.98. The van der Waals surface area contributed by atoms with Crippen molar-refractivity contribution in [3.8, 4) is 5.75 Å². The lowest BCUT2D eigenvalue weighted by molar-refractivity contribution is -0.139. The smallest absolute Gasteiger partial charge is 0.245 e. The molecule has 0 spiro atoms. The molecule has 4 aromatic rings. The number of hydrogen-bond acceptors (Lipinski definition) is 8. The summed E-state index contributed by atoms with van der Waals surface area (Å²) in [5.74, 6) is -2.42. The molecule has 13 heteroatoms. The molecule has 4 amide bonds. The zero-order valence-corrected chi connectivity index (χ0v) is 31.0. The molecule has 0 saturated carbocycles. The number of phenols is 1. The van der Waals surface area contributed by atoms with Crippen LogP contribution in [0.4, 0.5) is 4.39 Å². The maximum Gasteiger partial charge on any atom is 0.245 e. The van der Waals surface area contributed by atoms with Gasteiger partial charge < -0.3 is 36.8 Å². The second-order valence-corrected chi connectivity index (χ2v) is 13.7. The van der Waals surface area contributed by atoms with Gasteiger partial charge in [0.15, 0.2) is 0 Å². The number of aromatic hydroxyl groups is 1. The predicted octanol–water partition coefficient (Wildman–Crippen LogP) is 3.00. The number of aryl methyl sites for hydroxylation is 1. The number of nitrogens with zero attached hydrogens (tertiary/aromatic N) is 1. The van der Waals surface area contributed by atoms with Crippen molar-refractivity contribution in [2.75, 3.05) is 13.6 Å². The van der Waals surface area contributed by atoms with Crippen molar-refractivity contribution >= 4 is 40.7 Å². The number of amides is 4. The highest BCUT2D eigenvalue weighted by Gasteiger charge is 2.30. The second kappa shape index (κ2) is 20.7. The first-order valence-corrected chi connectivity index (χ1v) is 18.3. The van der Waals surface area contributed by atoms with Crippen LogP contribution in [0.15, 0.2) is 91.0 Å². The Balaban J connectivity index is 1.26. The molecule has 0 aliphatic carbocycles. The molecule has 0 aliphatic heterocycles. The molecule has 0 fully saturated rings. The van der Waals surface area contributed by atoms with Gasteiger partial charge in [0.05, 0.1) is 18.2 Å². The summed E-state index contributed by atoms with van der Waals surface area (Å²) in [5.41, 5.74) is 8.53. The van der Waals surface area contributed by atoms with E-state index in [2.05, 4.69) is 16.0 Å². The molecule has 55 heavy (non-hydrogen) atoms. The molecule has 4 aromatic carbocycles. The highest BCUT2D eigenvalue weighted by Crippen LogP contribution is 2.20. The summed E-state index contributed by atoms with van der Waals surface area (Å²) in [6.07, 6.45) is 2.37. The van der Waals surface area contributed by atoms with Gasteiger partial charge in [0.1, 0.15) is 23.7 Å². The van der Waals surface area contributed by atoms with Crippen molar-refractivity contribution in [2.45, 2.75) is 82.1 Å². The fourth-order valence-corrected chi connectivity index (χ4v) is 6.20. The number of carbonyl (C=O) groups is 4. The number of nitrogens with two attached hydrogens (primary N) is 1. The van der Waals surface area contributed by atoms with Crippen LogP contribution >= 0.6 is 0 Å². The van der Waals surface area contributed by atoms with Crippen molar-refractivity contribution in [2.24, 2.45) is 5.73 Å². The van der Waals surface area contributed by atoms with Gasteiger partial charge in [0.25, 0.3) is 0 Å². The van der Waals surface area contributed by atoms with Crippen molar-refractivity contribution in [1.82, 2.24) is 20.9 Å². The fraction of sp³-hybridized carbons (Fsp3) is 0.357. The minimum absolute atomic E-state index is 0.0448. The van der Waals surface area contributed by atoms with E-state index in [4.69, 9.17) is 5.73 Å². The van der Waals surface area contributed by atoms with Crippen LogP contribution in [0.2, 0.25) is 0 Å². The summed E-state index contributed by atoms with van der Waals surface area (Å²) < 4.78 is 13.3.